The Morgan fingerprint density at radius 3 is 2.31 bits per heavy atom. The van der Waals surface area contributed by atoms with Gasteiger partial charge in [0, 0.05) is 25.1 Å². The Hall–Kier alpha value is -3.32. The maximum Gasteiger partial charge on any atom is 0.261 e. The summed E-state index contributed by atoms with van der Waals surface area (Å²) in [6.07, 6.45) is -1.02. The highest BCUT2D eigenvalue weighted by molar-refractivity contribution is 6.21. The molecule has 29 heavy (non-hydrogen) atoms. The van der Waals surface area contributed by atoms with Crippen LogP contribution in [0.5, 0.6) is 0 Å². The van der Waals surface area contributed by atoms with Crippen molar-refractivity contribution in [1.29, 1.82) is 0 Å². The lowest BCUT2D eigenvalue weighted by atomic mass is 9.93. The maximum atomic E-state index is 12.4. The molecule has 0 aliphatic carbocycles. The lowest BCUT2D eigenvalue weighted by Gasteiger charge is -2.17. The first-order valence-electron chi connectivity index (χ1n) is 9.50. The number of fused-ring (bicyclic) bond motifs is 2. The van der Waals surface area contributed by atoms with E-state index in [-0.39, 0.29) is 49.3 Å². The van der Waals surface area contributed by atoms with E-state index in [9.17, 15) is 24.3 Å². The van der Waals surface area contributed by atoms with Crippen LogP contribution in [-0.2, 0) is 9.59 Å². The molecule has 0 unspecified atom stereocenters. The standard InChI is InChI=1S/C22H20N2O5/c25-13(9-10-24-21(28)16-6-1-2-7-17(16)22(24)29)11-14(26)12-18-15-5-3-4-8-19(15)23-20(18)27/h1-8,13,18,25H,9-12H2,(H,23,27)/t13-,18-/m1/s1. The number of nitrogens with zero attached hydrogens (tertiary/aromatic N) is 1. The minimum absolute atomic E-state index is 0.00687. The largest absolute Gasteiger partial charge is 0.393 e. The van der Waals surface area contributed by atoms with Gasteiger partial charge in [-0.25, -0.2) is 0 Å². The summed E-state index contributed by atoms with van der Waals surface area (Å²) in [6, 6.07) is 13.8. The molecule has 0 bridgehead atoms. The molecule has 0 radical (unpaired) electrons. The normalized spacial score (nSPS) is 18.4. The van der Waals surface area contributed by atoms with Gasteiger partial charge in [0.05, 0.1) is 23.1 Å². The van der Waals surface area contributed by atoms with Gasteiger partial charge in [0.1, 0.15) is 5.78 Å². The second kappa shape index (κ2) is 7.60. The highest BCUT2D eigenvalue weighted by Crippen LogP contribution is 2.34. The number of rotatable bonds is 7. The first-order valence-corrected chi connectivity index (χ1v) is 9.50. The van der Waals surface area contributed by atoms with Crippen molar-refractivity contribution in [3.63, 3.8) is 0 Å². The molecule has 0 saturated carbocycles. The molecular weight excluding hydrogens is 372 g/mol. The van der Waals surface area contributed by atoms with Crippen molar-refractivity contribution in [3.05, 3.63) is 65.2 Å². The molecule has 0 spiro atoms. The van der Waals surface area contributed by atoms with Crippen LogP contribution >= 0.6 is 0 Å². The number of aliphatic hydroxyl groups is 1. The molecule has 2 aromatic rings. The van der Waals surface area contributed by atoms with Gasteiger partial charge < -0.3 is 10.4 Å². The number of para-hydroxylation sites is 1. The summed E-state index contributed by atoms with van der Waals surface area (Å²) in [4.78, 5) is 50.3. The van der Waals surface area contributed by atoms with Crippen LogP contribution in [-0.4, -0.2) is 46.2 Å². The van der Waals surface area contributed by atoms with Gasteiger partial charge in [-0.05, 0) is 30.2 Å². The van der Waals surface area contributed by atoms with Gasteiger partial charge in [-0.3, -0.25) is 24.1 Å². The number of carbonyl (C=O) groups excluding carboxylic acids is 4. The number of imide groups is 1. The number of carbonyl (C=O) groups is 4. The van der Waals surface area contributed by atoms with Crippen LogP contribution in [0.2, 0.25) is 0 Å². The highest BCUT2D eigenvalue weighted by atomic mass is 16.3. The summed E-state index contributed by atoms with van der Waals surface area (Å²) in [5, 5.41) is 13.0. The lowest BCUT2D eigenvalue weighted by molar-refractivity contribution is -0.125. The molecule has 2 aromatic carbocycles. The number of amides is 3. The number of nitrogens with one attached hydrogen (secondary N) is 1. The molecule has 0 aromatic heterocycles. The van der Waals surface area contributed by atoms with Crippen LogP contribution in [0.3, 0.4) is 0 Å². The van der Waals surface area contributed by atoms with E-state index in [0.717, 1.165) is 10.5 Å². The highest BCUT2D eigenvalue weighted by Gasteiger charge is 2.35. The fourth-order valence-corrected chi connectivity index (χ4v) is 3.87. The Bertz CT molecular complexity index is 981. The zero-order chi connectivity index (χ0) is 20.5. The molecule has 7 nitrogen and oxygen atoms in total. The number of benzene rings is 2. The number of aliphatic hydroxyl groups excluding tert-OH is 1. The Morgan fingerprint density at radius 2 is 1.62 bits per heavy atom. The van der Waals surface area contributed by atoms with Crippen molar-refractivity contribution in [3.8, 4) is 0 Å². The molecular formula is C22H20N2O5. The van der Waals surface area contributed by atoms with Crippen molar-refractivity contribution in [2.75, 3.05) is 11.9 Å². The van der Waals surface area contributed by atoms with Crippen LogP contribution in [0.25, 0.3) is 0 Å². The third-order valence-corrected chi connectivity index (χ3v) is 5.37. The van der Waals surface area contributed by atoms with Gasteiger partial charge in [0.15, 0.2) is 0 Å². The molecule has 2 aliphatic heterocycles. The molecule has 3 amide bonds. The Kier molecular flexibility index (Phi) is 4.98. The summed E-state index contributed by atoms with van der Waals surface area (Å²) < 4.78 is 0. The SMILES string of the molecule is O=C(C[C@H](O)CCN1C(=O)c2ccccc2C1=O)C[C@H]1C(=O)Nc2ccccc21. The summed E-state index contributed by atoms with van der Waals surface area (Å²) in [5.74, 6) is -1.79. The third-order valence-electron chi connectivity index (χ3n) is 5.37. The molecule has 2 heterocycles. The molecule has 2 N–H and O–H groups in total. The average Bonchev–Trinajstić information content (AvgIpc) is 3.15. The van der Waals surface area contributed by atoms with E-state index in [0.29, 0.717) is 16.8 Å². The second-order valence-electron chi connectivity index (χ2n) is 7.33. The zero-order valence-corrected chi connectivity index (χ0v) is 15.6. The fourth-order valence-electron chi connectivity index (χ4n) is 3.87. The average molecular weight is 392 g/mol. The van der Waals surface area contributed by atoms with Crippen LogP contribution in [0, 0.1) is 0 Å². The summed E-state index contributed by atoms with van der Waals surface area (Å²) in [5.41, 5.74) is 2.20. The molecule has 2 atom stereocenters. The smallest absolute Gasteiger partial charge is 0.261 e. The Balaban J connectivity index is 1.31. The minimum atomic E-state index is -0.994. The van der Waals surface area contributed by atoms with Crippen LogP contribution in [0.4, 0.5) is 5.69 Å². The topological polar surface area (TPSA) is 104 Å². The Morgan fingerprint density at radius 1 is 1.00 bits per heavy atom. The summed E-state index contributed by atoms with van der Waals surface area (Å²) in [7, 11) is 0. The van der Waals surface area contributed by atoms with Crippen molar-refractivity contribution in [1.82, 2.24) is 4.90 Å². The van der Waals surface area contributed by atoms with E-state index in [4.69, 9.17) is 0 Å². The zero-order valence-electron chi connectivity index (χ0n) is 15.6. The van der Waals surface area contributed by atoms with Crippen LogP contribution in [0.1, 0.15) is 51.5 Å². The van der Waals surface area contributed by atoms with Crippen molar-refractivity contribution in [2.45, 2.75) is 31.3 Å². The second-order valence-corrected chi connectivity index (χ2v) is 7.33. The van der Waals surface area contributed by atoms with E-state index in [1.165, 1.54) is 0 Å². The number of anilines is 1. The number of hydrogen-bond donors (Lipinski definition) is 2. The van der Waals surface area contributed by atoms with Crippen LogP contribution in [0.15, 0.2) is 48.5 Å². The number of hydrogen-bond acceptors (Lipinski definition) is 5. The fraction of sp³-hybridized carbons (Fsp3) is 0.273. The minimum Gasteiger partial charge on any atom is -0.393 e. The Labute approximate surface area is 167 Å². The summed E-state index contributed by atoms with van der Waals surface area (Å²) >= 11 is 0. The van der Waals surface area contributed by atoms with Gasteiger partial charge in [0.25, 0.3) is 11.8 Å². The molecule has 2 aliphatic rings. The van der Waals surface area contributed by atoms with Crippen molar-refractivity contribution >= 4 is 29.2 Å². The lowest BCUT2D eigenvalue weighted by Crippen LogP contribution is -2.33. The molecule has 0 saturated heterocycles. The predicted molar refractivity (Wildman–Crippen MR) is 104 cm³/mol. The number of ketones is 1. The van der Waals surface area contributed by atoms with E-state index < -0.39 is 12.0 Å². The van der Waals surface area contributed by atoms with Gasteiger partial charge >= 0.3 is 0 Å². The van der Waals surface area contributed by atoms with Gasteiger partial charge in [-0.15, -0.1) is 0 Å². The van der Waals surface area contributed by atoms with Crippen LogP contribution < -0.4 is 5.32 Å². The van der Waals surface area contributed by atoms with E-state index in [1.54, 1.807) is 30.3 Å². The molecule has 148 valence electrons. The van der Waals surface area contributed by atoms with E-state index in [1.807, 2.05) is 18.2 Å². The summed E-state index contributed by atoms with van der Waals surface area (Å²) in [6.45, 7) is 0.0353. The van der Waals surface area contributed by atoms with Gasteiger partial charge in [0.2, 0.25) is 5.91 Å². The van der Waals surface area contributed by atoms with E-state index >= 15 is 0 Å². The molecule has 7 heteroatoms. The monoisotopic (exact) mass is 392 g/mol. The third kappa shape index (κ3) is 3.56. The van der Waals surface area contributed by atoms with Crippen molar-refractivity contribution in [2.24, 2.45) is 0 Å². The van der Waals surface area contributed by atoms with Crippen molar-refractivity contribution < 1.29 is 24.3 Å². The van der Waals surface area contributed by atoms with Gasteiger partial charge in [-0.2, -0.15) is 0 Å². The predicted octanol–water partition coefficient (Wildman–Crippen LogP) is 2.12. The number of Topliss-reactive ketones (excluding diaryl/α,β-unsaturated/α-hetero) is 1. The first-order chi connectivity index (χ1) is 14.0. The van der Waals surface area contributed by atoms with Gasteiger partial charge in [-0.1, -0.05) is 30.3 Å². The quantitative estimate of drug-likeness (QED) is 0.703. The molecule has 0 fully saturated rings. The maximum absolute atomic E-state index is 12.4. The molecule has 4 rings (SSSR count). The first kappa shape index (κ1) is 19.0. The van der Waals surface area contributed by atoms with E-state index in [2.05, 4.69) is 5.32 Å².